The van der Waals surface area contributed by atoms with Crippen LogP contribution in [0.25, 0.3) is 0 Å². The average Bonchev–Trinajstić information content (AvgIpc) is 2.39. The molecule has 0 amide bonds. The molecule has 7 heteroatoms. The molecule has 4 N–H and O–H groups in total. The van der Waals surface area contributed by atoms with Gasteiger partial charge in [0, 0.05) is 7.79 Å². The van der Waals surface area contributed by atoms with Gasteiger partial charge in [0.05, 0.1) is 0 Å². The van der Waals surface area contributed by atoms with Gasteiger partial charge in [-0.3, -0.25) is 4.79 Å². The Bertz CT molecular complexity index is 261. The second-order valence-electron chi connectivity index (χ2n) is 3.46. The lowest BCUT2D eigenvalue weighted by molar-refractivity contribution is -0.156. The van der Waals surface area contributed by atoms with E-state index in [1.807, 2.05) is 0 Å². The summed E-state index contributed by atoms with van der Waals surface area (Å²) in [5.41, 5.74) is 0. The molecule has 7 nitrogen and oxygen atoms in total. The number of aldehydes is 1. The Morgan fingerprint density at radius 1 is 1.35 bits per heavy atom. The van der Waals surface area contributed by atoms with Crippen LogP contribution in [0.5, 0.6) is 0 Å². The van der Waals surface area contributed by atoms with Crippen LogP contribution in [0.2, 0.25) is 0 Å². The van der Waals surface area contributed by atoms with Gasteiger partial charge in [-0.15, -0.1) is 0 Å². The zero-order valence-electron chi connectivity index (χ0n) is 10.2. The summed E-state index contributed by atoms with van der Waals surface area (Å²) in [5.74, 6) is -0.640. The molecule has 0 radical (unpaired) electrons. The summed E-state index contributed by atoms with van der Waals surface area (Å²) in [6.45, 7) is -0.495. The molecule has 0 saturated heterocycles. The SMILES string of the molecule is [2H]CCCC(=O)OC[C@@H](O)[C@@H](O)[C@H](O)[C@@H](O)C=O. The van der Waals surface area contributed by atoms with Crippen LogP contribution >= 0.6 is 0 Å². The van der Waals surface area contributed by atoms with Crippen molar-refractivity contribution in [1.29, 1.82) is 0 Å². The first-order valence-electron chi connectivity index (χ1n) is 5.77. The molecule has 0 heterocycles. The maximum atomic E-state index is 11.0. The topological polar surface area (TPSA) is 124 Å². The molecular formula is C10H18O7. The van der Waals surface area contributed by atoms with Crippen LogP contribution in [-0.2, 0) is 14.3 Å². The molecule has 0 spiro atoms. The summed E-state index contributed by atoms with van der Waals surface area (Å²) in [5, 5.41) is 36.8. The van der Waals surface area contributed by atoms with Crippen LogP contribution < -0.4 is 0 Å². The summed E-state index contributed by atoms with van der Waals surface area (Å²) in [6, 6.07) is 0. The fourth-order valence-electron chi connectivity index (χ4n) is 1.00. The van der Waals surface area contributed by atoms with Gasteiger partial charge in [-0.05, 0) is 6.42 Å². The van der Waals surface area contributed by atoms with Crippen molar-refractivity contribution >= 4 is 12.3 Å². The van der Waals surface area contributed by atoms with E-state index < -0.39 is 37.0 Å². The van der Waals surface area contributed by atoms with Crippen LogP contribution in [0, 0.1) is 0 Å². The average molecular weight is 251 g/mol. The summed E-state index contributed by atoms with van der Waals surface area (Å²) < 4.78 is 11.4. The molecule has 0 bridgehead atoms. The van der Waals surface area contributed by atoms with E-state index in [9.17, 15) is 24.9 Å². The van der Waals surface area contributed by atoms with Crippen molar-refractivity contribution in [3.63, 3.8) is 0 Å². The zero-order valence-corrected chi connectivity index (χ0v) is 9.23. The molecule has 0 aromatic rings. The first-order valence-corrected chi connectivity index (χ1v) is 5.06. The number of carbonyl (C=O) groups excluding carboxylic acids is 2. The van der Waals surface area contributed by atoms with Crippen molar-refractivity contribution in [2.75, 3.05) is 6.61 Å². The van der Waals surface area contributed by atoms with Gasteiger partial charge in [0.15, 0.2) is 6.29 Å². The summed E-state index contributed by atoms with van der Waals surface area (Å²) in [4.78, 5) is 21.2. The molecule has 4 atom stereocenters. The highest BCUT2D eigenvalue weighted by Crippen LogP contribution is 2.05. The first-order chi connectivity index (χ1) is 8.43. The van der Waals surface area contributed by atoms with Crippen molar-refractivity contribution in [2.24, 2.45) is 0 Å². The molecule has 0 fully saturated rings. The van der Waals surface area contributed by atoms with Crippen LogP contribution in [0.4, 0.5) is 0 Å². The minimum absolute atomic E-state index is 0.0147. The lowest BCUT2D eigenvalue weighted by atomic mass is 10.0. The largest absolute Gasteiger partial charge is 0.463 e. The number of hydrogen-bond donors (Lipinski definition) is 4. The maximum absolute atomic E-state index is 11.0. The van der Waals surface area contributed by atoms with Gasteiger partial charge in [0.25, 0.3) is 0 Å². The lowest BCUT2D eigenvalue weighted by Gasteiger charge is -2.23. The van der Waals surface area contributed by atoms with E-state index in [1.165, 1.54) is 0 Å². The highest BCUT2D eigenvalue weighted by Gasteiger charge is 2.30. The number of carbonyl (C=O) groups is 2. The Morgan fingerprint density at radius 2 is 2.00 bits per heavy atom. The Morgan fingerprint density at radius 3 is 2.53 bits per heavy atom. The molecule has 0 aliphatic rings. The molecule has 100 valence electrons. The smallest absolute Gasteiger partial charge is 0.305 e. The second kappa shape index (κ2) is 8.13. The third kappa shape index (κ3) is 5.73. The molecule has 17 heavy (non-hydrogen) atoms. The van der Waals surface area contributed by atoms with E-state index in [-0.39, 0.29) is 19.6 Å². The minimum atomic E-state index is -1.86. The molecule has 0 saturated carbocycles. The maximum Gasteiger partial charge on any atom is 0.305 e. The van der Waals surface area contributed by atoms with Gasteiger partial charge in [0.1, 0.15) is 31.0 Å². The van der Waals surface area contributed by atoms with Gasteiger partial charge < -0.3 is 30.0 Å². The Labute approximate surface area is 100 Å². The van der Waals surface area contributed by atoms with Gasteiger partial charge in [-0.25, -0.2) is 0 Å². The molecule has 0 aliphatic carbocycles. The monoisotopic (exact) mass is 251 g/mol. The minimum Gasteiger partial charge on any atom is -0.463 e. The Balaban J connectivity index is 4.04. The normalized spacial score (nSPS) is 18.7. The van der Waals surface area contributed by atoms with Crippen LogP contribution in [0.15, 0.2) is 0 Å². The van der Waals surface area contributed by atoms with Crippen molar-refractivity contribution in [1.82, 2.24) is 0 Å². The molecular weight excluding hydrogens is 232 g/mol. The number of hydrogen-bond acceptors (Lipinski definition) is 7. The second-order valence-corrected chi connectivity index (χ2v) is 3.46. The fourth-order valence-corrected chi connectivity index (χ4v) is 1.00. The zero-order chi connectivity index (χ0) is 14.1. The van der Waals surface area contributed by atoms with E-state index in [2.05, 4.69) is 4.74 Å². The number of esters is 1. The van der Waals surface area contributed by atoms with Gasteiger partial charge in [0.2, 0.25) is 0 Å². The predicted octanol–water partition coefficient (Wildman–Crippen LogP) is -2.03. The van der Waals surface area contributed by atoms with Crippen molar-refractivity contribution in [3.05, 3.63) is 0 Å². The molecule has 0 aromatic carbocycles. The van der Waals surface area contributed by atoms with E-state index in [4.69, 9.17) is 6.48 Å². The number of rotatable bonds is 8. The van der Waals surface area contributed by atoms with Crippen molar-refractivity contribution in [3.8, 4) is 0 Å². The lowest BCUT2D eigenvalue weighted by Crippen LogP contribution is -2.46. The predicted molar refractivity (Wildman–Crippen MR) is 56.0 cm³/mol. The third-order valence-corrected chi connectivity index (χ3v) is 2.03. The summed E-state index contributed by atoms with van der Waals surface area (Å²) in [7, 11) is 0. The van der Waals surface area contributed by atoms with Crippen LogP contribution in [-0.4, -0.2) is 63.7 Å². The van der Waals surface area contributed by atoms with E-state index in [0.29, 0.717) is 6.42 Å². The van der Waals surface area contributed by atoms with E-state index in [1.54, 1.807) is 0 Å². The Kier molecular flexibility index (Phi) is 6.71. The fraction of sp³-hybridized carbons (Fsp3) is 0.800. The quantitative estimate of drug-likeness (QED) is 0.290. The highest BCUT2D eigenvalue weighted by atomic mass is 16.5. The molecule has 0 rings (SSSR count). The standard InChI is InChI=1S/C10H18O7/c1-2-3-8(14)17-5-7(13)10(16)9(15)6(12)4-11/h4,6-7,9-10,12-13,15-16H,2-3,5H2,1H3/t6-,7+,9+,10+/m0/s1/i1D. The number of aliphatic hydroxyl groups is 4. The number of ether oxygens (including phenoxy) is 1. The first kappa shape index (κ1) is 14.0. The highest BCUT2D eigenvalue weighted by molar-refractivity contribution is 5.69. The summed E-state index contributed by atoms with van der Waals surface area (Å²) >= 11 is 0. The van der Waals surface area contributed by atoms with E-state index in [0.717, 1.165) is 0 Å². The molecule has 0 aromatic heterocycles. The van der Waals surface area contributed by atoms with Gasteiger partial charge in [-0.1, -0.05) is 6.90 Å². The van der Waals surface area contributed by atoms with E-state index >= 15 is 0 Å². The summed E-state index contributed by atoms with van der Waals surface area (Å²) in [6.07, 6.45) is -6.75. The Hall–Kier alpha value is -1.02. The van der Waals surface area contributed by atoms with Crippen LogP contribution in [0.3, 0.4) is 0 Å². The molecule has 0 unspecified atom stereocenters. The molecule has 0 aliphatic heterocycles. The van der Waals surface area contributed by atoms with Gasteiger partial charge in [-0.2, -0.15) is 0 Å². The van der Waals surface area contributed by atoms with Crippen LogP contribution in [0.1, 0.15) is 21.1 Å². The van der Waals surface area contributed by atoms with Crippen molar-refractivity contribution in [2.45, 2.75) is 44.2 Å². The number of aliphatic hydroxyl groups excluding tert-OH is 4. The van der Waals surface area contributed by atoms with Crippen molar-refractivity contribution < 1.29 is 36.1 Å². The van der Waals surface area contributed by atoms with Gasteiger partial charge >= 0.3 is 5.97 Å². The third-order valence-electron chi connectivity index (χ3n) is 2.03.